The van der Waals surface area contributed by atoms with Crippen LogP contribution >= 0.6 is 11.8 Å². The molecule has 2 aromatic heterocycles. The van der Waals surface area contributed by atoms with Crippen LogP contribution in [-0.2, 0) is 17.9 Å². The lowest BCUT2D eigenvalue weighted by atomic mass is 10.2. The number of aryl methyl sites for hydroxylation is 1. The van der Waals surface area contributed by atoms with Crippen LogP contribution in [-0.4, -0.2) is 33.1 Å². The summed E-state index contributed by atoms with van der Waals surface area (Å²) in [4.78, 5) is 30.7. The van der Waals surface area contributed by atoms with E-state index < -0.39 is 0 Å². The third-order valence-electron chi connectivity index (χ3n) is 4.87. The SMILES string of the molecule is CSc1nc2cc(C)n(CC(=O)Nc3ccc4c(c3)OCO4)c2c(=O)n1CC(C)C. The molecular weight excluding hydrogens is 404 g/mol. The Kier molecular flexibility index (Phi) is 5.46. The Labute approximate surface area is 178 Å². The van der Waals surface area contributed by atoms with Gasteiger partial charge in [-0.05, 0) is 37.3 Å². The van der Waals surface area contributed by atoms with Crippen molar-refractivity contribution in [1.82, 2.24) is 14.1 Å². The zero-order valence-corrected chi connectivity index (χ0v) is 18.2. The maximum Gasteiger partial charge on any atom is 0.278 e. The number of carbonyl (C=O) groups is 1. The molecule has 1 aliphatic rings. The maximum absolute atomic E-state index is 13.3. The second-order valence-corrected chi connectivity index (χ2v) is 8.40. The Balaban J connectivity index is 1.65. The zero-order valence-electron chi connectivity index (χ0n) is 17.4. The van der Waals surface area contributed by atoms with Gasteiger partial charge in [-0.1, -0.05) is 25.6 Å². The fourth-order valence-corrected chi connectivity index (χ4v) is 4.12. The van der Waals surface area contributed by atoms with Crippen LogP contribution in [0.4, 0.5) is 5.69 Å². The first-order chi connectivity index (χ1) is 14.4. The third kappa shape index (κ3) is 3.77. The van der Waals surface area contributed by atoms with E-state index in [0.29, 0.717) is 45.8 Å². The molecule has 0 aliphatic carbocycles. The smallest absolute Gasteiger partial charge is 0.278 e. The summed E-state index contributed by atoms with van der Waals surface area (Å²) in [5.41, 5.74) is 2.36. The van der Waals surface area contributed by atoms with Crippen molar-refractivity contribution in [2.24, 2.45) is 5.92 Å². The third-order valence-corrected chi connectivity index (χ3v) is 5.54. The molecule has 9 heteroatoms. The number of hydrogen-bond donors (Lipinski definition) is 1. The van der Waals surface area contributed by atoms with Crippen molar-refractivity contribution < 1.29 is 14.3 Å². The van der Waals surface area contributed by atoms with Crippen molar-refractivity contribution in [3.05, 3.63) is 40.3 Å². The van der Waals surface area contributed by atoms with Gasteiger partial charge in [0.15, 0.2) is 16.7 Å². The van der Waals surface area contributed by atoms with Crippen molar-refractivity contribution in [3.8, 4) is 11.5 Å². The molecule has 1 N–H and O–H groups in total. The van der Waals surface area contributed by atoms with Gasteiger partial charge < -0.3 is 19.4 Å². The lowest BCUT2D eigenvalue weighted by Gasteiger charge is -2.14. The molecule has 0 unspecified atom stereocenters. The second-order valence-electron chi connectivity index (χ2n) is 7.63. The monoisotopic (exact) mass is 428 g/mol. The number of rotatable bonds is 6. The maximum atomic E-state index is 13.3. The molecule has 0 fully saturated rings. The fraction of sp³-hybridized carbons (Fsp3) is 0.381. The highest BCUT2D eigenvalue weighted by Crippen LogP contribution is 2.34. The first-order valence-corrected chi connectivity index (χ1v) is 10.9. The van der Waals surface area contributed by atoms with Crippen molar-refractivity contribution >= 4 is 34.4 Å². The number of nitrogens with one attached hydrogen (secondary N) is 1. The minimum absolute atomic E-state index is 0.0149. The molecule has 1 amide bonds. The molecule has 0 atom stereocenters. The summed E-state index contributed by atoms with van der Waals surface area (Å²) >= 11 is 1.45. The van der Waals surface area contributed by atoms with Crippen molar-refractivity contribution in [1.29, 1.82) is 0 Å². The molecule has 3 aromatic rings. The minimum Gasteiger partial charge on any atom is -0.454 e. The standard InChI is InChI=1S/C21H24N4O4S/c1-12(2)9-25-20(27)19-15(23-21(25)30-4)7-13(3)24(19)10-18(26)22-14-5-6-16-17(8-14)29-11-28-16/h5-8,12H,9-11H2,1-4H3,(H,22,26). The second kappa shape index (κ2) is 8.06. The van der Waals surface area contributed by atoms with Gasteiger partial charge in [-0.15, -0.1) is 0 Å². The topological polar surface area (TPSA) is 87.4 Å². The van der Waals surface area contributed by atoms with Gasteiger partial charge in [0.05, 0.1) is 5.52 Å². The predicted molar refractivity (Wildman–Crippen MR) is 117 cm³/mol. The highest BCUT2D eigenvalue weighted by atomic mass is 32.2. The van der Waals surface area contributed by atoms with Crippen LogP contribution in [0.25, 0.3) is 11.0 Å². The minimum atomic E-state index is -0.238. The van der Waals surface area contributed by atoms with E-state index in [0.717, 1.165) is 5.69 Å². The van der Waals surface area contributed by atoms with Gasteiger partial charge in [0.1, 0.15) is 12.1 Å². The van der Waals surface area contributed by atoms with E-state index in [4.69, 9.17) is 9.47 Å². The number of ether oxygens (including phenoxy) is 2. The van der Waals surface area contributed by atoms with E-state index in [1.165, 1.54) is 11.8 Å². The Hall–Kier alpha value is -2.94. The molecule has 0 saturated carbocycles. The van der Waals surface area contributed by atoms with Crippen molar-refractivity contribution in [2.45, 2.75) is 39.0 Å². The number of hydrogen-bond acceptors (Lipinski definition) is 6. The number of aromatic nitrogens is 3. The van der Waals surface area contributed by atoms with Crippen molar-refractivity contribution in [3.63, 3.8) is 0 Å². The summed E-state index contributed by atoms with van der Waals surface area (Å²) in [5, 5.41) is 3.55. The molecule has 0 radical (unpaired) electrons. The highest BCUT2D eigenvalue weighted by molar-refractivity contribution is 7.98. The van der Waals surface area contributed by atoms with Crippen LogP contribution in [0.15, 0.2) is 34.2 Å². The molecule has 30 heavy (non-hydrogen) atoms. The van der Waals surface area contributed by atoms with E-state index >= 15 is 0 Å². The molecule has 0 spiro atoms. The Morgan fingerprint density at radius 2 is 2.00 bits per heavy atom. The fourth-order valence-electron chi connectivity index (χ4n) is 3.55. The Morgan fingerprint density at radius 1 is 1.23 bits per heavy atom. The van der Waals surface area contributed by atoms with Gasteiger partial charge in [-0.2, -0.15) is 0 Å². The largest absolute Gasteiger partial charge is 0.454 e. The summed E-state index contributed by atoms with van der Waals surface area (Å²) in [6.45, 7) is 6.76. The summed E-state index contributed by atoms with van der Waals surface area (Å²) in [6.07, 6.45) is 1.91. The van der Waals surface area contributed by atoms with Crippen molar-refractivity contribution in [2.75, 3.05) is 18.4 Å². The molecule has 0 bridgehead atoms. The van der Waals surface area contributed by atoms with E-state index in [1.54, 1.807) is 27.3 Å². The molecule has 1 aliphatic heterocycles. The first kappa shape index (κ1) is 20.3. The average Bonchev–Trinajstić information content (AvgIpc) is 3.27. The quantitative estimate of drug-likeness (QED) is 0.479. The Morgan fingerprint density at radius 3 is 2.73 bits per heavy atom. The number of benzene rings is 1. The number of thioether (sulfide) groups is 1. The van der Waals surface area contributed by atoms with Gasteiger partial charge in [-0.3, -0.25) is 14.2 Å². The van der Waals surface area contributed by atoms with Gasteiger partial charge >= 0.3 is 0 Å². The summed E-state index contributed by atoms with van der Waals surface area (Å²) in [7, 11) is 0. The van der Waals surface area contributed by atoms with E-state index in [-0.39, 0.29) is 24.8 Å². The van der Waals surface area contributed by atoms with E-state index in [2.05, 4.69) is 24.1 Å². The lowest BCUT2D eigenvalue weighted by molar-refractivity contribution is -0.116. The highest BCUT2D eigenvalue weighted by Gasteiger charge is 2.19. The zero-order chi connectivity index (χ0) is 21.4. The molecule has 8 nitrogen and oxygen atoms in total. The van der Waals surface area contributed by atoms with E-state index in [9.17, 15) is 9.59 Å². The van der Waals surface area contributed by atoms with Gasteiger partial charge in [0.2, 0.25) is 12.7 Å². The van der Waals surface area contributed by atoms with Crippen LogP contribution in [0.5, 0.6) is 11.5 Å². The van der Waals surface area contributed by atoms with Gasteiger partial charge in [0.25, 0.3) is 5.56 Å². The number of fused-ring (bicyclic) bond motifs is 2. The summed E-state index contributed by atoms with van der Waals surface area (Å²) in [6, 6.07) is 7.09. The number of carbonyl (C=O) groups excluding carboxylic acids is 1. The molecular formula is C21H24N4O4S. The summed E-state index contributed by atoms with van der Waals surface area (Å²) in [5.74, 6) is 1.31. The molecule has 3 heterocycles. The van der Waals surface area contributed by atoms with E-state index in [1.807, 2.05) is 19.2 Å². The lowest BCUT2D eigenvalue weighted by Crippen LogP contribution is -2.28. The number of nitrogens with zero attached hydrogens (tertiary/aromatic N) is 3. The average molecular weight is 429 g/mol. The normalized spacial score (nSPS) is 12.7. The summed E-state index contributed by atoms with van der Waals surface area (Å²) < 4.78 is 14.1. The van der Waals surface area contributed by atoms with Crippen LogP contribution in [0.2, 0.25) is 0 Å². The Bertz CT molecular complexity index is 1180. The van der Waals surface area contributed by atoms with Crippen LogP contribution in [0.3, 0.4) is 0 Å². The molecule has 1 aromatic carbocycles. The number of anilines is 1. The molecule has 0 saturated heterocycles. The molecule has 4 rings (SSSR count). The van der Waals surface area contributed by atoms with Crippen LogP contribution < -0.4 is 20.3 Å². The van der Waals surface area contributed by atoms with Crippen LogP contribution in [0.1, 0.15) is 19.5 Å². The number of amides is 1. The first-order valence-electron chi connectivity index (χ1n) is 9.71. The molecule has 158 valence electrons. The van der Waals surface area contributed by atoms with Crippen LogP contribution in [0, 0.1) is 12.8 Å². The predicted octanol–water partition coefficient (Wildman–Crippen LogP) is 3.25. The van der Waals surface area contributed by atoms with Gasteiger partial charge in [-0.25, -0.2) is 4.98 Å². The van der Waals surface area contributed by atoms with Gasteiger partial charge in [0, 0.05) is 24.0 Å².